The van der Waals surface area contributed by atoms with Crippen LogP contribution in [0, 0.1) is 6.92 Å². The first-order valence-electron chi connectivity index (χ1n) is 14.2. The second-order valence-electron chi connectivity index (χ2n) is 10.8. The Labute approximate surface area is 273 Å². The zero-order valence-corrected chi connectivity index (χ0v) is 27.9. The molecule has 0 radical (unpaired) electrons. The largest absolute Gasteiger partial charge is 0.352 e. The molecule has 0 spiro atoms. The molecule has 0 bridgehead atoms. The van der Waals surface area contributed by atoms with E-state index in [0.29, 0.717) is 5.02 Å². The number of nitrogens with zero attached hydrogens (tertiary/aromatic N) is 2. The molecular formula is C34H35BrClN3O4S. The van der Waals surface area contributed by atoms with Crippen LogP contribution in [0.4, 0.5) is 5.69 Å². The van der Waals surface area contributed by atoms with E-state index in [1.165, 1.54) is 23.1 Å². The molecule has 0 aliphatic heterocycles. The molecule has 0 unspecified atom stereocenters. The molecule has 2 amide bonds. The van der Waals surface area contributed by atoms with Crippen LogP contribution in [0.2, 0.25) is 5.02 Å². The van der Waals surface area contributed by atoms with Crippen LogP contribution in [0.15, 0.2) is 112 Å². The second kappa shape index (κ2) is 14.9. The topological polar surface area (TPSA) is 86.8 Å². The van der Waals surface area contributed by atoms with Crippen molar-refractivity contribution in [2.75, 3.05) is 10.8 Å². The predicted octanol–water partition coefficient (Wildman–Crippen LogP) is 6.77. The first-order valence-corrected chi connectivity index (χ1v) is 16.8. The molecule has 0 saturated heterocycles. The molecule has 0 saturated carbocycles. The van der Waals surface area contributed by atoms with Crippen LogP contribution >= 0.6 is 27.5 Å². The van der Waals surface area contributed by atoms with E-state index in [4.69, 9.17) is 11.6 Å². The Balaban J connectivity index is 1.82. The number of halogens is 2. The third-order valence-electron chi connectivity index (χ3n) is 7.00. The van der Waals surface area contributed by atoms with Gasteiger partial charge in [-0.15, -0.1) is 0 Å². The van der Waals surface area contributed by atoms with Gasteiger partial charge in [-0.2, -0.15) is 0 Å². The Morgan fingerprint density at radius 1 is 0.864 bits per heavy atom. The Hall–Kier alpha value is -3.66. The third kappa shape index (κ3) is 8.49. The summed E-state index contributed by atoms with van der Waals surface area (Å²) in [4.78, 5) is 29.7. The number of carbonyl (C=O) groups excluding carboxylic acids is 2. The van der Waals surface area contributed by atoms with Crippen LogP contribution in [0.3, 0.4) is 0 Å². The van der Waals surface area contributed by atoms with Crippen molar-refractivity contribution in [1.29, 1.82) is 0 Å². The van der Waals surface area contributed by atoms with Crippen LogP contribution in [0.5, 0.6) is 0 Å². The quantitative estimate of drug-likeness (QED) is 0.177. The minimum atomic E-state index is -4.20. The van der Waals surface area contributed by atoms with Crippen LogP contribution in [-0.2, 0) is 32.6 Å². The monoisotopic (exact) mass is 695 g/mol. The number of anilines is 1. The number of benzene rings is 4. The number of carbonyl (C=O) groups is 2. The lowest BCUT2D eigenvalue weighted by Crippen LogP contribution is -2.54. The maximum absolute atomic E-state index is 14.5. The third-order valence-corrected chi connectivity index (χ3v) is 9.69. The summed E-state index contributed by atoms with van der Waals surface area (Å²) >= 11 is 9.93. The highest BCUT2D eigenvalue weighted by molar-refractivity contribution is 9.10. The van der Waals surface area contributed by atoms with Crippen molar-refractivity contribution in [3.63, 3.8) is 0 Å². The summed E-state index contributed by atoms with van der Waals surface area (Å²) in [7, 11) is -4.20. The highest BCUT2D eigenvalue weighted by Crippen LogP contribution is 2.29. The number of hydrogen-bond donors (Lipinski definition) is 1. The van der Waals surface area contributed by atoms with Gasteiger partial charge in [0.2, 0.25) is 11.8 Å². The molecule has 7 nitrogen and oxygen atoms in total. The van der Waals surface area contributed by atoms with Gasteiger partial charge < -0.3 is 10.2 Å². The van der Waals surface area contributed by atoms with Gasteiger partial charge in [-0.05, 0) is 73.9 Å². The van der Waals surface area contributed by atoms with Crippen LogP contribution in [0.25, 0.3) is 0 Å². The molecule has 0 aliphatic rings. The lowest BCUT2D eigenvalue weighted by atomic mass is 10.0. The molecule has 0 aromatic heterocycles. The predicted molar refractivity (Wildman–Crippen MR) is 179 cm³/mol. The highest BCUT2D eigenvalue weighted by Gasteiger charge is 2.35. The maximum Gasteiger partial charge on any atom is 0.264 e. The fourth-order valence-electron chi connectivity index (χ4n) is 4.75. The van der Waals surface area contributed by atoms with Gasteiger partial charge in [0.25, 0.3) is 10.0 Å². The number of amides is 2. The van der Waals surface area contributed by atoms with Crippen LogP contribution in [0.1, 0.15) is 30.5 Å². The molecule has 44 heavy (non-hydrogen) atoms. The van der Waals surface area contributed by atoms with Crippen LogP contribution in [-0.4, -0.2) is 43.8 Å². The normalized spacial score (nSPS) is 12.0. The smallest absolute Gasteiger partial charge is 0.264 e. The Kier molecular flexibility index (Phi) is 11.2. The van der Waals surface area contributed by atoms with E-state index in [1.807, 2.05) is 75.4 Å². The summed E-state index contributed by atoms with van der Waals surface area (Å²) in [5, 5.41) is 3.33. The second-order valence-corrected chi connectivity index (χ2v) is 14.0. The zero-order valence-electron chi connectivity index (χ0n) is 24.8. The van der Waals surface area contributed by atoms with E-state index in [9.17, 15) is 18.0 Å². The van der Waals surface area contributed by atoms with E-state index in [-0.39, 0.29) is 35.5 Å². The van der Waals surface area contributed by atoms with Gasteiger partial charge in [-0.3, -0.25) is 13.9 Å². The van der Waals surface area contributed by atoms with Gasteiger partial charge in [0.15, 0.2) is 0 Å². The van der Waals surface area contributed by atoms with Crippen molar-refractivity contribution in [3.05, 3.63) is 129 Å². The average molecular weight is 697 g/mol. The van der Waals surface area contributed by atoms with Crippen molar-refractivity contribution in [1.82, 2.24) is 10.2 Å². The molecule has 1 N–H and O–H groups in total. The fourth-order valence-corrected chi connectivity index (χ4v) is 6.80. The summed E-state index contributed by atoms with van der Waals surface area (Å²) in [6.45, 7) is 5.05. The Morgan fingerprint density at radius 3 is 2.11 bits per heavy atom. The molecule has 0 aliphatic carbocycles. The van der Waals surface area contributed by atoms with Gasteiger partial charge in [-0.25, -0.2) is 8.42 Å². The lowest BCUT2D eigenvalue weighted by molar-refractivity contribution is -0.140. The molecule has 0 heterocycles. The van der Waals surface area contributed by atoms with Crippen LogP contribution < -0.4 is 9.62 Å². The number of aryl methyl sites for hydroxylation is 1. The summed E-state index contributed by atoms with van der Waals surface area (Å²) in [6, 6.07) is 28.6. The van der Waals surface area contributed by atoms with Gasteiger partial charge in [0.05, 0.1) is 10.6 Å². The first kappa shape index (κ1) is 33.2. The summed E-state index contributed by atoms with van der Waals surface area (Å²) in [5.74, 6) is -0.871. The fraction of sp³-hybridized carbons (Fsp3) is 0.235. The molecule has 4 aromatic carbocycles. The van der Waals surface area contributed by atoms with E-state index < -0.39 is 28.5 Å². The van der Waals surface area contributed by atoms with E-state index in [2.05, 4.69) is 21.2 Å². The summed E-state index contributed by atoms with van der Waals surface area (Å²) in [6.07, 6.45) is 0.237. The van der Waals surface area contributed by atoms with E-state index in [0.717, 1.165) is 25.5 Å². The van der Waals surface area contributed by atoms with E-state index in [1.54, 1.807) is 30.3 Å². The number of hydrogen-bond acceptors (Lipinski definition) is 4. The SMILES string of the molecule is Cc1ccc(N(CC(=O)N(Cc2cccc(Br)c2)[C@@H](Cc2ccccc2)C(=O)NC(C)C)S(=O)(=O)c2ccccc2)cc1Cl. The van der Waals surface area contributed by atoms with Gasteiger partial charge in [0.1, 0.15) is 12.6 Å². The van der Waals surface area contributed by atoms with Gasteiger partial charge >= 0.3 is 0 Å². The minimum Gasteiger partial charge on any atom is -0.352 e. The van der Waals surface area contributed by atoms with Crippen molar-refractivity contribution >= 4 is 55.1 Å². The first-order chi connectivity index (χ1) is 21.0. The number of nitrogens with one attached hydrogen (secondary N) is 1. The van der Waals surface area contributed by atoms with Crippen molar-refractivity contribution < 1.29 is 18.0 Å². The Morgan fingerprint density at radius 2 is 1.50 bits per heavy atom. The molecule has 1 atom stereocenters. The number of rotatable bonds is 12. The van der Waals surface area contributed by atoms with Crippen molar-refractivity contribution in [3.8, 4) is 0 Å². The van der Waals surface area contributed by atoms with E-state index >= 15 is 0 Å². The summed E-state index contributed by atoms with van der Waals surface area (Å²) in [5.41, 5.74) is 2.65. The van der Waals surface area contributed by atoms with Crippen molar-refractivity contribution in [2.24, 2.45) is 0 Å². The molecular weight excluding hydrogens is 662 g/mol. The average Bonchev–Trinajstić information content (AvgIpc) is 2.99. The summed E-state index contributed by atoms with van der Waals surface area (Å²) < 4.78 is 30.0. The molecule has 4 aromatic rings. The molecule has 230 valence electrons. The maximum atomic E-state index is 14.5. The van der Waals surface area contributed by atoms with Gasteiger partial charge in [-0.1, -0.05) is 94.3 Å². The zero-order chi connectivity index (χ0) is 31.9. The number of sulfonamides is 1. The molecule has 4 rings (SSSR count). The standard InChI is InChI=1S/C34H35BrClN3O4S/c1-24(2)37-34(41)32(20-26-11-6-4-7-12-26)38(22-27-13-10-14-28(35)19-27)33(40)23-39(29-18-17-25(3)31(36)21-29)44(42,43)30-15-8-5-9-16-30/h4-19,21,24,32H,20,22-23H2,1-3H3,(H,37,41)/t32-/m0/s1. The van der Waals surface area contributed by atoms with Gasteiger partial charge in [0, 0.05) is 28.5 Å². The van der Waals surface area contributed by atoms with Crippen molar-refractivity contribution in [2.45, 2.75) is 50.7 Å². The Bertz CT molecular complexity index is 1700. The molecule has 10 heteroatoms. The minimum absolute atomic E-state index is 0.0291. The lowest BCUT2D eigenvalue weighted by Gasteiger charge is -2.34. The highest BCUT2D eigenvalue weighted by atomic mass is 79.9. The molecule has 0 fully saturated rings.